The number of aromatic amines is 2. The highest BCUT2D eigenvalue weighted by Crippen LogP contribution is 2.28. The molecule has 0 saturated heterocycles. The lowest BCUT2D eigenvalue weighted by atomic mass is 10.0. The van der Waals surface area contributed by atoms with Gasteiger partial charge in [0.15, 0.2) is 0 Å². The molecule has 2 aromatic heterocycles. The van der Waals surface area contributed by atoms with Gasteiger partial charge in [0.1, 0.15) is 5.71 Å². The maximum Gasteiger partial charge on any atom is 0.270 e. The van der Waals surface area contributed by atoms with Crippen LogP contribution in [-0.4, -0.2) is 28.1 Å². The number of aromatic nitrogens is 2. The molecule has 1 amide bonds. The predicted octanol–water partition coefficient (Wildman–Crippen LogP) is 4.07. The Morgan fingerprint density at radius 2 is 1.85 bits per heavy atom. The summed E-state index contributed by atoms with van der Waals surface area (Å²) in [4.78, 5) is 23.9. The Bertz CT molecular complexity index is 1190. The number of para-hydroxylation sites is 1. The van der Waals surface area contributed by atoms with Crippen molar-refractivity contribution in [2.75, 3.05) is 6.54 Å². The SMILES string of the molecule is O=C1N[C@H](c2c[nH]c3ccccc23)CN=C1c1c[nH]c2cc(Br)ccc12. The zero-order valence-electron chi connectivity index (χ0n) is 13.7. The van der Waals surface area contributed by atoms with Crippen LogP contribution in [0.4, 0.5) is 0 Å². The third-order valence-corrected chi connectivity index (χ3v) is 5.34. The smallest absolute Gasteiger partial charge is 0.270 e. The summed E-state index contributed by atoms with van der Waals surface area (Å²) in [5.41, 5.74) is 4.43. The lowest BCUT2D eigenvalue weighted by Crippen LogP contribution is -2.40. The molecule has 0 fully saturated rings. The van der Waals surface area contributed by atoms with Crippen LogP contribution in [0.1, 0.15) is 17.2 Å². The van der Waals surface area contributed by atoms with Crippen molar-refractivity contribution in [3.63, 3.8) is 0 Å². The van der Waals surface area contributed by atoms with Crippen molar-refractivity contribution in [2.24, 2.45) is 4.99 Å². The van der Waals surface area contributed by atoms with Crippen molar-refractivity contribution >= 4 is 49.4 Å². The van der Waals surface area contributed by atoms with Gasteiger partial charge in [-0.05, 0) is 18.2 Å². The van der Waals surface area contributed by atoms with Gasteiger partial charge in [-0.25, -0.2) is 0 Å². The number of fused-ring (bicyclic) bond motifs is 2. The first-order valence-electron chi connectivity index (χ1n) is 8.39. The average Bonchev–Trinajstić information content (AvgIpc) is 3.25. The minimum Gasteiger partial charge on any atom is -0.361 e. The van der Waals surface area contributed by atoms with Crippen LogP contribution < -0.4 is 5.32 Å². The highest BCUT2D eigenvalue weighted by Gasteiger charge is 2.27. The fraction of sp³-hybridized carbons (Fsp3) is 0.100. The summed E-state index contributed by atoms with van der Waals surface area (Å²) in [5.74, 6) is -0.143. The first-order valence-corrected chi connectivity index (χ1v) is 9.18. The van der Waals surface area contributed by atoms with Crippen LogP contribution in [0.3, 0.4) is 0 Å². The van der Waals surface area contributed by atoms with Crippen molar-refractivity contribution in [3.8, 4) is 0 Å². The van der Waals surface area contributed by atoms with Crippen molar-refractivity contribution in [2.45, 2.75) is 6.04 Å². The Morgan fingerprint density at radius 1 is 1.00 bits per heavy atom. The average molecular weight is 407 g/mol. The van der Waals surface area contributed by atoms with Crippen LogP contribution in [0.5, 0.6) is 0 Å². The second-order valence-electron chi connectivity index (χ2n) is 6.40. The molecule has 0 radical (unpaired) electrons. The van der Waals surface area contributed by atoms with E-state index in [0.29, 0.717) is 12.3 Å². The first-order chi connectivity index (χ1) is 12.7. The number of aliphatic imine (C=N–C) groups is 1. The number of amides is 1. The number of halogens is 1. The zero-order valence-corrected chi connectivity index (χ0v) is 15.3. The lowest BCUT2D eigenvalue weighted by Gasteiger charge is -2.22. The van der Waals surface area contributed by atoms with Gasteiger partial charge in [-0.3, -0.25) is 9.79 Å². The number of carbonyl (C=O) groups excluding carboxylic acids is 1. The summed E-state index contributed by atoms with van der Waals surface area (Å²) in [7, 11) is 0. The van der Waals surface area contributed by atoms with Crippen molar-refractivity contribution < 1.29 is 4.79 Å². The normalized spacial score (nSPS) is 17.5. The minimum atomic E-state index is -0.143. The van der Waals surface area contributed by atoms with E-state index in [4.69, 9.17) is 0 Å². The number of nitrogens with zero attached hydrogens (tertiary/aromatic N) is 1. The second kappa shape index (κ2) is 5.85. The zero-order chi connectivity index (χ0) is 17.7. The molecule has 6 heteroatoms. The quantitative estimate of drug-likeness (QED) is 0.461. The fourth-order valence-corrected chi connectivity index (χ4v) is 3.95. The number of hydrogen-bond acceptors (Lipinski definition) is 2. The molecule has 0 aliphatic carbocycles. The molecule has 3 N–H and O–H groups in total. The van der Waals surface area contributed by atoms with Crippen LogP contribution >= 0.6 is 15.9 Å². The minimum absolute atomic E-state index is 0.123. The van der Waals surface area contributed by atoms with E-state index in [1.54, 1.807) is 0 Å². The Hall–Kier alpha value is -2.86. The molecule has 1 aliphatic rings. The van der Waals surface area contributed by atoms with Gasteiger partial charge in [0, 0.05) is 49.8 Å². The summed E-state index contributed by atoms with van der Waals surface area (Å²) >= 11 is 3.47. The summed E-state index contributed by atoms with van der Waals surface area (Å²) in [5, 5.41) is 5.22. The molecule has 4 aromatic rings. The number of hydrogen-bond donors (Lipinski definition) is 3. The Labute approximate surface area is 157 Å². The van der Waals surface area contributed by atoms with E-state index in [0.717, 1.165) is 37.4 Å². The van der Waals surface area contributed by atoms with E-state index in [1.165, 1.54) is 0 Å². The van der Waals surface area contributed by atoms with Gasteiger partial charge >= 0.3 is 0 Å². The van der Waals surface area contributed by atoms with Crippen LogP contribution in [0, 0.1) is 0 Å². The topological polar surface area (TPSA) is 73.0 Å². The maximum absolute atomic E-state index is 12.8. The molecule has 26 heavy (non-hydrogen) atoms. The van der Waals surface area contributed by atoms with Crippen molar-refractivity contribution in [3.05, 3.63) is 70.5 Å². The Kier molecular flexibility index (Phi) is 3.46. The Balaban J connectivity index is 1.52. The number of carbonyl (C=O) groups is 1. The fourth-order valence-electron chi connectivity index (χ4n) is 3.59. The molecule has 3 heterocycles. The molecule has 0 unspecified atom stereocenters. The van der Waals surface area contributed by atoms with Gasteiger partial charge < -0.3 is 15.3 Å². The first kappa shape index (κ1) is 15.4. The van der Waals surface area contributed by atoms with Gasteiger partial charge in [0.2, 0.25) is 0 Å². The van der Waals surface area contributed by atoms with Crippen molar-refractivity contribution in [1.29, 1.82) is 0 Å². The largest absolute Gasteiger partial charge is 0.361 e. The number of H-pyrrole nitrogens is 2. The molecule has 1 atom stereocenters. The second-order valence-corrected chi connectivity index (χ2v) is 7.31. The van der Waals surface area contributed by atoms with E-state index >= 15 is 0 Å². The van der Waals surface area contributed by atoms with Crippen LogP contribution in [0.15, 0.2) is 64.3 Å². The number of rotatable bonds is 2. The van der Waals surface area contributed by atoms with Crippen LogP contribution in [0.25, 0.3) is 21.8 Å². The van der Waals surface area contributed by atoms with Gasteiger partial charge in [-0.1, -0.05) is 40.2 Å². The summed E-state index contributed by atoms with van der Waals surface area (Å²) in [6, 6.07) is 13.9. The lowest BCUT2D eigenvalue weighted by molar-refractivity contribution is -0.115. The molecule has 128 valence electrons. The summed E-state index contributed by atoms with van der Waals surface area (Å²) in [6.07, 6.45) is 3.81. The van der Waals surface area contributed by atoms with Crippen molar-refractivity contribution in [1.82, 2.24) is 15.3 Å². The van der Waals surface area contributed by atoms with Gasteiger partial charge in [0.25, 0.3) is 5.91 Å². The maximum atomic E-state index is 12.8. The monoisotopic (exact) mass is 406 g/mol. The van der Waals surface area contributed by atoms with Gasteiger partial charge in [-0.15, -0.1) is 0 Å². The molecule has 2 aromatic carbocycles. The van der Waals surface area contributed by atoms with Crippen LogP contribution in [-0.2, 0) is 4.79 Å². The van der Waals surface area contributed by atoms with Gasteiger partial charge in [0.05, 0.1) is 12.6 Å². The molecule has 0 saturated carbocycles. The molecule has 5 nitrogen and oxygen atoms in total. The molecule has 0 spiro atoms. The third-order valence-electron chi connectivity index (χ3n) is 4.85. The highest BCUT2D eigenvalue weighted by molar-refractivity contribution is 9.10. The molecular formula is C20H15BrN4O. The van der Waals surface area contributed by atoms with E-state index < -0.39 is 0 Å². The molecule has 1 aliphatic heterocycles. The van der Waals surface area contributed by atoms with E-state index in [9.17, 15) is 4.79 Å². The standard InChI is InChI=1S/C20H15BrN4O/c21-11-5-6-13-15(9-23-17(13)7-11)19-20(26)25-18(10-24-19)14-8-22-16-4-2-1-3-12(14)16/h1-9,18,22-23H,10H2,(H,25,26)/t18-/m0/s1. The van der Waals surface area contributed by atoms with Crippen LogP contribution in [0.2, 0.25) is 0 Å². The van der Waals surface area contributed by atoms with E-state index in [1.807, 2.05) is 48.8 Å². The molecule has 0 bridgehead atoms. The summed E-state index contributed by atoms with van der Waals surface area (Å²) < 4.78 is 0.993. The van der Waals surface area contributed by atoms with E-state index in [2.05, 4.69) is 42.3 Å². The van der Waals surface area contributed by atoms with E-state index in [-0.39, 0.29) is 11.9 Å². The highest BCUT2D eigenvalue weighted by atomic mass is 79.9. The van der Waals surface area contributed by atoms with Gasteiger partial charge in [-0.2, -0.15) is 0 Å². The third kappa shape index (κ3) is 2.37. The molecular weight excluding hydrogens is 392 g/mol. The summed E-state index contributed by atoms with van der Waals surface area (Å²) in [6.45, 7) is 0.520. The molecule has 5 rings (SSSR count). The Morgan fingerprint density at radius 3 is 2.73 bits per heavy atom. The number of benzene rings is 2. The number of nitrogens with one attached hydrogen (secondary N) is 3. The predicted molar refractivity (Wildman–Crippen MR) is 107 cm³/mol.